The standard InChI is InChI=1S/C12H22O8/c13-5-6-19-10(7-14)9(15)8-20-12(18)4-2-1-3-11(16)17/h9-10,13-15H,1-8H2,(H,16,17). The third-order valence-corrected chi connectivity index (χ3v) is 2.47. The Bertz CT molecular complexity index is 281. The van der Waals surface area contributed by atoms with Gasteiger partial charge in [-0.2, -0.15) is 0 Å². The lowest BCUT2D eigenvalue weighted by Crippen LogP contribution is -2.37. The highest BCUT2D eigenvalue weighted by Gasteiger charge is 2.20. The van der Waals surface area contributed by atoms with Crippen LogP contribution in [0.15, 0.2) is 0 Å². The molecule has 8 nitrogen and oxygen atoms in total. The predicted octanol–water partition coefficient (Wildman–Crippen LogP) is -1.09. The molecule has 0 aliphatic heterocycles. The minimum absolute atomic E-state index is 0.00249. The summed E-state index contributed by atoms with van der Waals surface area (Å²) < 4.78 is 9.74. The van der Waals surface area contributed by atoms with E-state index in [2.05, 4.69) is 0 Å². The Morgan fingerprint density at radius 1 is 1.10 bits per heavy atom. The quantitative estimate of drug-likeness (QED) is 0.263. The number of carboxylic acid groups (broad SMARTS) is 1. The number of aliphatic carboxylic acids is 1. The summed E-state index contributed by atoms with van der Waals surface area (Å²) in [7, 11) is 0. The van der Waals surface area contributed by atoms with E-state index in [4.69, 9.17) is 24.8 Å². The molecule has 8 heteroatoms. The first-order valence-corrected chi connectivity index (χ1v) is 6.40. The first-order valence-electron chi connectivity index (χ1n) is 6.40. The SMILES string of the molecule is O=C(O)CCCCC(=O)OCC(O)C(CO)OCCO. The monoisotopic (exact) mass is 294 g/mol. The van der Waals surface area contributed by atoms with Crippen LogP contribution in [0.1, 0.15) is 25.7 Å². The zero-order valence-electron chi connectivity index (χ0n) is 11.2. The smallest absolute Gasteiger partial charge is 0.305 e. The molecule has 0 aliphatic carbocycles. The maximum atomic E-state index is 11.3. The van der Waals surface area contributed by atoms with Crippen molar-refractivity contribution in [3.63, 3.8) is 0 Å². The van der Waals surface area contributed by atoms with E-state index in [0.717, 1.165) is 0 Å². The van der Waals surface area contributed by atoms with Crippen LogP contribution in [0.2, 0.25) is 0 Å². The maximum absolute atomic E-state index is 11.3. The van der Waals surface area contributed by atoms with E-state index in [1.165, 1.54) is 0 Å². The number of rotatable bonds is 12. The molecular weight excluding hydrogens is 272 g/mol. The van der Waals surface area contributed by atoms with Gasteiger partial charge in [0.2, 0.25) is 0 Å². The minimum Gasteiger partial charge on any atom is -0.481 e. The van der Waals surface area contributed by atoms with E-state index in [9.17, 15) is 14.7 Å². The van der Waals surface area contributed by atoms with Crippen molar-refractivity contribution in [2.45, 2.75) is 37.9 Å². The van der Waals surface area contributed by atoms with Crippen LogP contribution in [0.25, 0.3) is 0 Å². The van der Waals surface area contributed by atoms with E-state index in [0.29, 0.717) is 12.8 Å². The molecule has 0 radical (unpaired) electrons. The molecule has 0 heterocycles. The molecule has 2 unspecified atom stereocenters. The third kappa shape index (κ3) is 9.68. The summed E-state index contributed by atoms with van der Waals surface area (Å²) in [5.74, 6) is -1.46. The van der Waals surface area contributed by atoms with Gasteiger partial charge in [0, 0.05) is 12.8 Å². The summed E-state index contributed by atoms with van der Waals surface area (Å²) >= 11 is 0. The Hall–Kier alpha value is -1.22. The summed E-state index contributed by atoms with van der Waals surface area (Å²) in [5.41, 5.74) is 0. The first kappa shape index (κ1) is 18.8. The van der Waals surface area contributed by atoms with E-state index >= 15 is 0 Å². The van der Waals surface area contributed by atoms with E-state index in [1.807, 2.05) is 0 Å². The molecule has 0 fully saturated rings. The van der Waals surface area contributed by atoms with Gasteiger partial charge in [-0.15, -0.1) is 0 Å². The molecule has 0 amide bonds. The van der Waals surface area contributed by atoms with Gasteiger partial charge in [-0.3, -0.25) is 9.59 Å². The summed E-state index contributed by atoms with van der Waals surface area (Å²) in [6.07, 6.45) is -1.27. The molecule has 0 bridgehead atoms. The van der Waals surface area contributed by atoms with Crippen molar-refractivity contribution in [3.05, 3.63) is 0 Å². The minimum atomic E-state index is -1.19. The second-order valence-electron chi connectivity index (χ2n) is 4.17. The topological polar surface area (TPSA) is 134 Å². The van der Waals surface area contributed by atoms with Crippen molar-refractivity contribution in [1.29, 1.82) is 0 Å². The zero-order valence-corrected chi connectivity index (χ0v) is 11.2. The molecule has 0 saturated carbocycles. The first-order chi connectivity index (χ1) is 9.51. The Morgan fingerprint density at radius 3 is 2.30 bits per heavy atom. The summed E-state index contributed by atoms with van der Waals surface area (Å²) in [6.45, 7) is -1.07. The van der Waals surface area contributed by atoms with Gasteiger partial charge in [-0.25, -0.2) is 0 Å². The molecule has 20 heavy (non-hydrogen) atoms. The van der Waals surface area contributed by atoms with Gasteiger partial charge in [0.15, 0.2) is 0 Å². The van der Waals surface area contributed by atoms with Gasteiger partial charge in [0.05, 0.1) is 19.8 Å². The number of hydrogen-bond donors (Lipinski definition) is 4. The van der Waals surface area contributed by atoms with Gasteiger partial charge in [0.25, 0.3) is 0 Å². The average molecular weight is 294 g/mol. The van der Waals surface area contributed by atoms with Crippen LogP contribution in [-0.2, 0) is 19.1 Å². The fraction of sp³-hybridized carbons (Fsp3) is 0.833. The molecule has 118 valence electrons. The van der Waals surface area contributed by atoms with Crippen LogP contribution >= 0.6 is 0 Å². The molecule has 0 aliphatic rings. The van der Waals surface area contributed by atoms with Crippen molar-refractivity contribution < 1.29 is 39.5 Å². The number of carbonyl (C=O) groups excluding carboxylic acids is 1. The number of aliphatic hydroxyl groups is 3. The van der Waals surface area contributed by atoms with Crippen molar-refractivity contribution >= 4 is 11.9 Å². The maximum Gasteiger partial charge on any atom is 0.305 e. The molecule has 0 aromatic heterocycles. The number of carbonyl (C=O) groups is 2. The van der Waals surface area contributed by atoms with Gasteiger partial charge >= 0.3 is 11.9 Å². The van der Waals surface area contributed by atoms with Gasteiger partial charge in [-0.05, 0) is 12.8 Å². The van der Waals surface area contributed by atoms with Crippen LogP contribution in [0, 0.1) is 0 Å². The molecule has 0 aromatic rings. The number of unbranched alkanes of at least 4 members (excludes halogenated alkanes) is 1. The lowest BCUT2D eigenvalue weighted by Gasteiger charge is -2.20. The molecule has 0 aromatic carbocycles. The fourth-order valence-corrected chi connectivity index (χ4v) is 1.39. The molecular formula is C12H22O8. The summed E-state index contributed by atoms with van der Waals surface area (Å²) in [4.78, 5) is 21.5. The summed E-state index contributed by atoms with van der Waals surface area (Å²) in [5, 5.41) is 35.5. The molecule has 4 N–H and O–H groups in total. The normalized spacial score (nSPS) is 13.8. The van der Waals surface area contributed by atoms with Crippen LogP contribution in [0.4, 0.5) is 0 Å². The Labute approximate surface area is 116 Å². The lowest BCUT2D eigenvalue weighted by molar-refractivity contribution is -0.152. The van der Waals surface area contributed by atoms with E-state index in [-0.39, 0.29) is 32.7 Å². The number of esters is 1. The molecule has 0 rings (SSSR count). The van der Waals surface area contributed by atoms with Crippen molar-refractivity contribution in [1.82, 2.24) is 0 Å². The number of ether oxygens (including phenoxy) is 2. The van der Waals surface area contributed by atoms with Crippen LogP contribution < -0.4 is 0 Å². The molecule has 0 saturated heterocycles. The van der Waals surface area contributed by atoms with Crippen LogP contribution in [0.3, 0.4) is 0 Å². The number of hydrogen-bond acceptors (Lipinski definition) is 7. The second kappa shape index (κ2) is 11.6. The van der Waals surface area contributed by atoms with Gasteiger partial charge in [0.1, 0.15) is 18.8 Å². The highest BCUT2D eigenvalue weighted by Crippen LogP contribution is 2.04. The third-order valence-electron chi connectivity index (χ3n) is 2.47. The lowest BCUT2D eigenvalue weighted by atomic mass is 10.2. The molecule has 2 atom stereocenters. The van der Waals surface area contributed by atoms with E-state index < -0.39 is 30.8 Å². The van der Waals surface area contributed by atoms with Gasteiger partial charge in [-0.1, -0.05) is 0 Å². The summed E-state index contributed by atoms with van der Waals surface area (Å²) in [6, 6.07) is 0. The Kier molecular flexibility index (Phi) is 10.9. The zero-order chi connectivity index (χ0) is 15.4. The second-order valence-corrected chi connectivity index (χ2v) is 4.17. The highest BCUT2D eigenvalue weighted by molar-refractivity contribution is 5.69. The average Bonchev–Trinajstić information content (AvgIpc) is 2.42. The van der Waals surface area contributed by atoms with Crippen LogP contribution in [-0.4, -0.2) is 71.0 Å². The largest absolute Gasteiger partial charge is 0.481 e. The fourth-order valence-electron chi connectivity index (χ4n) is 1.39. The Balaban J connectivity index is 3.77. The van der Waals surface area contributed by atoms with E-state index in [1.54, 1.807) is 0 Å². The van der Waals surface area contributed by atoms with Gasteiger partial charge < -0.3 is 29.9 Å². The Morgan fingerprint density at radius 2 is 1.75 bits per heavy atom. The van der Waals surface area contributed by atoms with Crippen molar-refractivity contribution in [2.24, 2.45) is 0 Å². The predicted molar refractivity (Wildman–Crippen MR) is 67.0 cm³/mol. The van der Waals surface area contributed by atoms with Crippen LogP contribution in [0.5, 0.6) is 0 Å². The molecule has 0 spiro atoms. The van der Waals surface area contributed by atoms with Crippen molar-refractivity contribution in [2.75, 3.05) is 26.4 Å². The van der Waals surface area contributed by atoms with Crippen molar-refractivity contribution in [3.8, 4) is 0 Å². The highest BCUT2D eigenvalue weighted by atomic mass is 16.6. The number of carboxylic acids is 1. The number of aliphatic hydroxyl groups excluding tert-OH is 3.